The third-order valence-electron chi connectivity index (χ3n) is 3.39. The number of hydrogen-bond donors (Lipinski definition) is 3. The summed E-state index contributed by atoms with van der Waals surface area (Å²) in [7, 11) is 0. The fraction of sp³-hybridized carbons (Fsp3) is 0.692. The SMILES string of the molecule is CCCC(CNC(=O)N1CC(=O)NC(=O)C1CC)C(=O)O. The van der Waals surface area contributed by atoms with Gasteiger partial charge in [0.2, 0.25) is 11.8 Å². The average molecular weight is 299 g/mol. The van der Waals surface area contributed by atoms with E-state index in [4.69, 9.17) is 5.11 Å². The van der Waals surface area contributed by atoms with E-state index in [2.05, 4.69) is 10.6 Å². The summed E-state index contributed by atoms with van der Waals surface area (Å²) in [6, 6.07) is -1.30. The van der Waals surface area contributed by atoms with E-state index in [0.717, 1.165) is 4.90 Å². The number of nitrogens with one attached hydrogen (secondary N) is 2. The zero-order valence-corrected chi connectivity index (χ0v) is 12.2. The molecule has 0 aliphatic carbocycles. The molecule has 4 amide bonds. The van der Waals surface area contributed by atoms with Crippen LogP contribution in [0.3, 0.4) is 0 Å². The molecule has 8 nitrogen and oxygen atoms in total. The van der Waals surface area contributed by atoms with Gasteiger partial charge in [-0.1, -0.05) is 20.3 Å². The molecule has 1 rings (SSSR count). The van der Waals surface area contributed by atoms with Crippen molar-refractivity contribution in [3.63, 3.8) is 0 Å². The van der Waals surface area contributed by atoms with Crippen LogP contribution in [0, 0.1) is 5.92 Å². The molecule has 0 aromatic rings. The van der Waals surface area contributed by atoms with Crippen LogP contribution >= 0.6 is 0 Å². The Morgan fingerprint density at radius 1 is 1.43 bits per heavy atom. The summed E-state index contributed by atoms with van der Waals surface area (Å²) in [5.74, 6) is -2.69. The van der Waals surface area contributed by atoms with Crippen molar-refractivity contribution in [2.45, 2.75) is 39.2 Å². The quantitative estimate of drug-likeness (QED) is 0.594. The van der Waals surface area contributed by atoms with Crippen molar-refractivity contribution in [3.05, 3.63) is 0 Å². The summed E-state index contributed by atoms with van der Waals surface area (Å²) in [5.41, 5.74) is 0. The van der Waals surface area contributed by atoms with Crippen LogP contribution in [-0.4, -0.2) is 53.0 Å². The van der Waals surface area contributed by atoms with Crippen LogP contribution in [0.4, 0.5) is 4.79 Å². The van der Waals surface area contributed by atoms with Gasteiger partial charge >= 0.3 is 12.0 Å². The Balaban J connectivity index is 2.66. The molecule has 1 saturated heterocycles. The van der Waals surface area contributed by atoms with Crippen LogP contribution in [-0.2, 0) is 14.4 Å². The molecule has 2 unspecified atom stereocenters. The second-order valence-electron chi connectivity index (χ2n) is 4.97. The lowest BCUT2D eigenvalue weighted by molar-refractivity contribution is -0.142. The van der Waals surface area contributed by atoms with E-state index in [-0.39, 0.29) is 13.1 Å². The molecule has 118 valence electrons. The van der Waals surface area contributed by atoms with Crippen molar-refractivity contribution in [3.8, 4) is 0 Å². The zero-order chi connectivity index (χ0) is 16.0. The molecule has 1 heterocycles. The fourth-order valence-electron chi connectivity index (χ4n) is 2.26. The zero-order valence-electron chi connectivity index (χ0n) is 12.2. The summed E-state index contributed by atoms with van der Waals surface area (Å²) < 4.78 is 0. The molecule has 0 aromatic heterocycles. The first-order chi connectivity index (χ1) is 9.90. The molecular formula is C13H21N3O5. The molecule has 0 saturated carbocycles. The maximum Gasteiger partial charge on any atom is 0.318 e. The molecule has 8 heteroatoms. The summed E-state index contributed by atoms with van der Waals surface area (Å²) in [4.78, 5) is 47.2. The van der Waals surface area contributed by atoms with Crippen LogP contribution < -0.4 is 10.6 Å². The van der Waals surface area contributed by atoms with Gasteiger partial charge in [-0.3, -0.25) is 19.7 Å². The number of carboxylic acid groups (broad SMARTS) is 1. The van der Waals surface area contributed by atoms with Crippen LogP contribution in [0.15, 0.2) is 0 Å². The van der Waals surface area contributed by atoms with Gasteiger partial charge in [0.15, 0.2) is 0 Å². The van der Waals surface area contributed by atoms with Crippen LogP contribution in [0.5, 0.6) is 0 Å². The minimum atomic E-state index is -0.975. The molecular weight excluding hydrogens is 278 g/mol. The Labute approximate surface area is 122 Å². The molecule has 21 heavy (non-hydrogen) atoms. The fourth-order valence-corrected chi connectivity index (χ4v) is 2.26. The molecule has 1 aliphatic rings. The Morgan fingerprint density at radius 2 is 2.10 bits per heavy atom. The Bertz CT molecular complexity index is 438. The lowest BCUT2D eigenvalue weighted by Crippen LogP contribution is -2.61. The van der Waals surface area contributed by atoms with Gasteiger partial charge in [-0.05, 0) is 12.8 Å². The first kappa shape index (κ1) is 16.9. The maximum absolute atomic E-state index is 12.1. The van der Waals surface area contributed by atoms with Gasteiger partial charge < -0.3 is 15.3 Å². The van der Waals surface area contributed by atoms with E-state index in [9.17, 15) is 19.2 Å². The highest BCUT2D eigenvalue weighted by atomic mass is 16.4. The van der Waals surface area contributed by atoms with Crippen molar-refractivity contribution >= 4 is 23.8 Å². The summed E-state index contributed by atoms with van der Waals surface area (Å²) in [6.45, 7) is 3.36. The molecule has 1 aliphatic heterocycles. The number of carbonyl (C=O) groups is 4. The monoisotopic (exact) mass is 299 g/mol. The van der Waals surface area contributed by atoms with Gasteiger partial charge in [-0.15, -0.1) is 0 Å². The van der Waals surface area contributed by atoms with Crippen molar-refractivity contribution in [2.24, 2.45) is 5.92 Å². The molecule has 0 radical (unpaired) electrons. The van der Waals surface area contributed by atoms with E-state index in [0.29, 0.717) is 19.3 Å². The number of carbonyl (C=O) groups excluding carboxylic acids is 3. The summed E-state index contributed by atoms with van der Waals surface area (Å²) >= 11 is 0. The van der Waals surface area contributed by atoms with Crippen molar-refractivity contribution in [1.29, 1.82) is 0 Å². The number of carboxylic acids is 1. The minimum Gasteiger partial charge on any atom is -0.481 e. The maximum atomic E-state index is 12.1. The molecule has 0 bridgehead atoms. The third-order valence-corrected chi connectivity index (χ3v) is 3.39. The van der Waals surface area contributed by atoms with E-state index in [1.807, 2.05) is 6.92 Å². The van der Waals surface area contributed by atoms with E-state index in [1.54, 1.807) is 6.92 Å². The Hall–Kier alpha value is -2.12. The highest BCUT2D eigenvalue weighted by molar-refractivity contribution is 6.04. The minimum absolute atomic E-state index is 0.0231. The molecule has 3 N–H and O–H groups in total. The predicted octanol–water partition coefficient (Wildman–Crippen LogP) is -0.0661. The lowest BCUT2D eigenvalue weighted by atomic mass is 10.0. The average Bonchev–Trinajstić information content (AvgIpc) is 2.41. The number of nitrogens with zero attached hydrogens (tertiary/aromatic N) is 1. The Morgan fingerprint density at radius 3 is 2.62 bits per heavy atom. The first-order valence-corrected chi connectivity index (χ1v) is 7.01. The second-order valence-corrected chi connectivity index (χ2v) is 4.97. The molecule has 1 fully saturated rings. The normalized spacial score (nSPS) is 19.9. The van der Waals surface area contributed by atoms with Gasteiger partial charge in [-0.2, -0.15) is 0 Å². The number of urea groups is 1. The topological polar surface area (TPSA) is 116 Å². The number of aliphatic carboxylic acids is 1. The van der Waals surface area contributed by atoms with Crippen LogP contribution in [0.1, 0.15) is 33.1 Å². The highest BCUT2D eigenvalue weighted by Gasteiger charge is 2.35. The van der Waals surface area contributed by atoms with Gasteiger partial charge in [0, 0.05) is 6.54 Å². The van der Waals surface area contributed by atoms with Gasteiger partial charge in [-0.25, -0.2) is 4.79 Å². The second kappa shape index (κ2) is 7.61. The number of hydrogen-bond acceptors (Lipinski definition) is 4. The van der Waals surface area contributed by atoms with E-state index in [1.165, 1.54) is 0 Å². The molecule has 2 atom stereocenters. The van der Waals surface area contributed by atoms with Gasteiger partial charge in [0.05, 0.1) is 5.92 Å². The van der Waals surface area contributed by atoms with Crippen LogP contribution in [0.25, 0.3) is 0 Å². The van der Waals surface area contributed by atoms with Crippen molar-refractivity contribution in [1.82, 2.24) is 15.5 Å². The third kappa shape index (κ3) is 4.44. The van der Waals surface area contributed by atoms with Crippen LogP contribution in [0.2, 0.25) is 0 Å². The molecule has 0 aromatic carbocycles. The number of rotatable bonds is 6. The Kier molecular flexibility index (Phi) is 6.13. The van der Waals surface area contributed by atoms with E-state index >= 15 is 0 Å². The summed E-state index contributed by atoms with van der Waals surface area (Å²) in [5, 5.41) is 13.7. The largest absolute Gasteiger partial charge is 0.481 e. The lowest BCUT2D eigenvalue weighted by Gasteiger charge is -2.33. The number of imide groups is 1. The standard InChI is InChI=1S/C13H21N3O5/c1-3-5-8(12(19)20)6-14-13(21)16-7-10(17)15-11(18)9(16)4-2/h8-9H,3-7H2,1-2H3,(H,14,21)(H,19,20)(H,15,17,18). The summed E-state index contributed by atoms with van der Waals surface area (Å²) in [6.07, 6.45) is 1.52. The highest BCUT2D eigenvalue weighted by Crippen LogP contribution is 2.10. The van der Waals surface area contributed by atoms with E-state index < -0.39 is 35.8 Å². The number of amides is 4. The first-order valence-electron chi connectivity index (χ1n) is 7.01. The predicted molar refractivity (Wildman–Crippen MR) is 73.4 cm³/mol. The van der Waals surface area contributed by atoms with Gasteiger partial charge in [0.25, 0.3) is 0 Å². The van der Waals surface area contributed by atoms with Crippen molar-refractivity contribution < 1.29 is 24.3 Å². The van der Waals surface area contributed by atoms with Crippen molar-refractivity contribution in [2.75, 3.05) is 13.1 Å². The smallest absolute Gasteiger partial charge is 0.318 e. The van der Waals surface area contributed by atoms with Gasteiger partial charge in [0.1, 0.15) is 12.6 Å². The molecule has 0 spiro atoms. The number of piperazine rings is 1.